The Kier molecular flexibility index (Phi) is 3.88. The lowest BCUT2D eigenvalue weighted by molar-refractivity contribution is -0.151. The quantitative estimate of drug-likeness (QED) is 0.519. The van der Waals surface area contributed by atoms with E-state index in [0.717, 1.165) is 18.6 Å². The van der Waals surface area contributed by atoms with Crippen LogP contribution in [-0.4, -0.2) is 31.5 Å². The van der Waals surface area contributed by atoms with Crippen LogP contribution in [0, 0.1) is 5.92 Å². The number of thiol groups is 1. The summed E-state index contributed by atoms with van der Waals surface area (Å²) in [6.07, 6.45) is 1.98. The molecule has 0 aliphatic carbocycles. The third kappa shape index (κ3) is 2.38. The highest BCUT2D eigenvalue weighted by Gasteiger charge is 2.26. The van der Waals surface area contributed by atoms with E-state index in [1.807, 2.05) is 0 Å². The van der Waals surface area contributed by atoms with Gasteiger partial charge in [-0.2, -0.15) is 12.6 Å². The highest BCUT2D eigenvalue weighted by molar-refractivity contribution is 7.80. The van der Waals surface area contributed by atoms with Gasteiger partial charge in [-0.15, -0.1) is 0 Å². The van der Waals surface area contributed by atoms with Crippen molar-refractivity contribution in [3.8, 4) is 0 Å². The molecule has 1 aliphatic rings. The number of hydrogen-bond donors (Lipinski definition) is 1. The van der Waals surface area contributed by atoms with Crippen molar-refractivity contribution in [3.05, 3.63) is 0 Å². The highest BCUT2D eigenvalue weighted by atomic mass is 32.1. The van der Waals surface area contributed by atoms with E-state index in [0.29, 0.717) is 6.61 Å². The Bertz CT molecular complexity index is 152. The predicted molar refractivity (Wildman–Crippen MR) is 48.3 cm³/mol. The first-order chi connectivity index (χ1) is 5.77. The lowest BCUT2D eigenvalue weighted by Gasteiger charge is -2.26. The zero-order valence-electron chi connectivity index (χ0n) is 7.16. The summed E-state index contributed by atoms with van der Waals surface area (Å²) in [5.41, 5.74) is 0. The summed E-state index contributed by atoms with van der Waals surface area (Å²) in [6.45, 7) is 0.484. The lowest BCUT2D eigenvalue weighted by Crippen LogP contribution is -2.32. The summed E-state index contributed by atoms with van der Waals surface area (Å²) in [7, 11) is 1.41. The van der Waals surface area contributed by atoms with Crippen LogP contribution < -0.4 is 0 Å². The minimum Gasteiger partial charge on any atom is -0.469 e. The fourth-order valence-corrected chi connectivity index (χ4v) is 1.59. The maximum absolute atomic E-state index is 11.0. The van der Waals surface area contributed by atoms with Crippen LogP contribution in [-0.2, 0) is 14.3 Å². The van der Waals surface area contributed by atoms with Crippen molar-refractivity contribution < 1.29 is 14.3 Å². The highest BCUT2D eigenvalue weighted by Crippen LogP contribution is 2.20. The summed E-state index contributed by atoms with van der Waals surface area (Å²) in [6, 6.07) is 0. The van der Waals surface area contributed by atoms with Gasteiger partial charge in [0, 0.05) is 5.75 Å². The van der Waals surface area contributed by atoms with E-state index in [2.05, 4.69) is 17.4 Å². The summed E-state index contributed by atoms with van der Waals surface area (Å²) in [5, 5.41) is 0. The second-order valence-corrected chi connectivity index (χ2v) is 3.30. The van der Waals surface area contributed by atoms with Crippen LogP contribution in [0.25, 0.3) is 0 Å². The second-order valence-electron chi connectivity index (χ2n) is 2.94. The Labute approximate surface area is 77.8 Å². The van der Waals surface area contributed by atoms with E-state index in [1.165, 1.54) is 7.11 Å². The Balaban J connectivity index is 2.30. The molecule has 0 spiro atoms. The molecule has 1 aliphatic heterocycles. The smallest absolute Gasteiger partial charge is 0.311 e. The normalized spacial score (nSPS) is 29.8. The molecule has 0 saturated carbocycles. The number of rotatable bonds is 2. The molecule has 4 heteroatoms. The van der Waals surface area contributed by atoms with Crippen LogP contribution in [0.3, 0.4) is 0 Å². The van der Waals surface area contributed by atoms with Crippen LogP contribution in [0.5, 0.6) is 0 Å². The van der Waals surface area contributed by atoms with Crippen molar-refractivity contribution in [2.45, 2.75) is 18.9 Å². The molecule has 0 radical (unpaired) electrons. The molecule has 0 aromatic rings. The molecule has 0 amide bonds. The van der Waals surface area contributed by atoms with Crippen molar-refractivity contribution >= 4 is 18.6 Å². The molecule has 0 bridgehead atoms. The van der Waals surface area contributed by atoms with Crippen molar-refractivity contribution in [1.29, 1.82) is 0 Å². The van der Waals surface area contributed by atoms with Gasteiger partial charge in [-0.05, 0) is 12.8 Å². The monoisotopic (exact) mass is 190 g/mol. The standard InChI is InChI=1S/C8H14O3S/c1-10-8(9)6-2-3-7(5-12)11-4-6/h6-7,12H,2-5H2,1H3. The molecule has 1 fully saturated rings. The Morgan fingerprint density at radius 3 is 2.83 bits per heavy atom. The molecule has 0 N–H and O–H groups in total. The fraction of sp³-hybridized carbons (Fsp3) is 0.875. The van der Waals surface area contributed by atoms with Crippen molar-refractivity contribution in [2.24, 2.45) is 5.92 Å². The van der Waals surface area contributed by atoms with E-state index < -0.39 is 0 Å². The summed E-state index contributed by atoms with van der Waals surface area (Å²) in [5.74, 6) is 0.507. The van der Waals surface area contributed by atoms with E-state index in [1.54, 1.807) is 0 Å². The van der Waals surface area contributed by atoms with Crippen LogP contribution in [0.1, 0.15) is 12.8 Å². The maximum Gasteiger partial charge on any atom is 0.311 e. The number of ether oxygens (including phenoxy) is 2. The largest absolute Gasteiger partial charge is 0.469 e. The number of carbonyl (C=O) groups is 1. The van der Waals surface area contributed by atoms with Gasteiger partial charge in [-0.25, -0.2) is 0 Å². The number of methoxy groups -OCH3 is 1. The Morgan fingerprint density at radius 1 is 1.67 bits per heavy atom. The Morgan fingerprint density at radius 2 is 2.42 bits per heavy atom. The van der Waals surface area contributed by atoms with Gasteiger partial charge in [0.25, 0.3) is 0 Å². The molecule has 1 heterocycles. The lowest BCUT2D eigenvalue weighted by atomic mass is 9.99. The van der Waals surface area contributed by atoms with E-state index >= 15 is 0 Å². The molecule has 70 valence electrons. The molecule has 2 unspecified atom stereocenters. The first kappa shape index (κ1) is 9.86. The van der Waals surface area contributed by atoms with E-state index in [4.69, 9.17) is 4.74 Å². The summed E-state index contributed by atoms with van der Waals surface area (Å²) >= 11 is 4.13. The fourth-order valence-electron chi connectivity index (χ4n) is 1.30. The topological polar surface area (TPSA) is 35.5 Å². The third-order valence-corrected chi connectivity index (χ3v) is 2.52. The molecule has 0 aromatic carbocycles. The van der Waals surface area contributed by atoms with Gasteiger partial charge >= 0.3 is 5.97 Å². The molecule has 1 rings (SSSR count). The van der Waals surface area contributed by atoms with Crippen molar-refractivity contribution in [1.82, 2.24) is 0 Å². The zero-order chi connectivity index (χ0) is 8.97. The van der Waals surface area contributed by atoms with Gasteiger partial charge in [-0.3, -0.25) is 4.79 Å². The average molecular weight is 190 g/mol. The molecule has 2 atom stereocenters. The summed E-state index contributed by atoms with van der Waals surface area (Å²) < 4.78 is 10.0. The van der Waals surface area contributed by atoms with Gasteiger partial charge in [0.15, 0.2) is 0 Å². The molecular weight excluding hydrogens is 176 g/mol. The van der Waals surface area contributed by atoms with Crippen molar-refractivity contribution in [2.75, 3.05) is 19.5 Å². The van der Waals surface area contributed by atoms with Gasteiger partial charge in [-0.1, -0.05) is 0 Å². The molecule has 0 aromatic heterocycles. The van der Waals surface area contributed by atoms with E-state index in [9.17, 15) is 4.79 Å². The minimum atomic E-state index is -0.160. The van der Waals surface area contributed by atoms with E-state index in [-0.39, 0.29) is 18.0 Å². The van der Waals surface area contributed by atoms with Gasteiger partial charge in [0.2, 0.25) is 0 Å². The minimum absolute atomic E-state index is 0.0638. The third-order valence-electron chi connectivity index (χ3n) is 2.11. The first-order valence-corrected chi connectivity index (χ1v) is 4.71. The summed E-state index contributed by atoms with van der Waals surface area (Å²) in [4.78, 5) is 11.0. The first-order valence-electron chi connectivity index (χ1n) is 4.08. The maximum atomic E-state index is 11.0. The predicted octanol–water partition coefficient (Wildman–Crippen LogP) is 0.884. The van der Waals surface area contributed by atoms with Crippen LogP contribution in [0.4, 0.5) is 0 Å². The molecule has 12 heavy (non-hydrogen) atoms. The molecule has 1 saturated heterocycles. The SMILES string of the molecule is COC(=O)C1CCC(CS)OC1. The van der Waals surface area contributed by atoms with Crippen molar-refractivity contribution in [3.63, 3.8) is 0 Å². The Hall–Kier alpha value is -0.220. The average Bonchev–Trinajstić information content (AvgIpc) is 2.17. The zero-order valence-corrected chi connectivity index (χ0v) is 8.05. The second kappa shape index (κ2) is 4.72. The van der Waals surface area contributed by atoms with Gasteiger partial charge in [0.1, 0.15) is 0 Å². The van der Waals surface area contributed by atoms with Crippen LogP contribution in [0.2, 0.25) is 0 Å². The molecule has 3 nitrogen and oxygen atoms in total. The number of hydrogen-bond acceptors (Lipinski definition) is 4. The molecular formula is C8H14O3S. The van der Waals surface area contributed by atoms with Gasteiger partial charge < -0.3 is 9.47 Å². The van der Waals surface area contributed by atoms with Crippen LogP contribution in [0.15, 0.2) is 0 Å². The van der Waals surface area contributed by atoms with Gasteiger partial charge in [0.05, 0.1) is 25.7 Å². The number of carbonyl (C=O) groups excluding carboxylic acids is 1. The van der Waals surface area contributed by atoms with Crippen LogP contribution >= 0.6 is 12.6 Å². The number of esters is 1.